The van der Waals surface area contributed by atoms with Gasteiger partial charge in [-0.2, -0.15) is 0 Å². The molecule has 0 fully saturated rings. The molecule has 2 atom stereocenters. The minimum Gasteiger partial charge on any atom is -0.317 e. The fraction of sp³-hybridized carbons (Fsp3) is 0.500. The normalized spacial score (nSPS) is 15.1. The molecule has 0 spiro atoms. The van der Waals surface area contributed by atoms with Crippen LogP contribution in [0.5, 0.6) is 0 Å². The van der Waals surface area contributed by atoms with E-state index in [0.29, 0.717) is 12.0 Å². The van der Waals surface area contributed by atoms with Crippen molar-refractivity contribution in [3.63, 3.8) is 0 Å². The van der Waals surface area contributed by atoms with Crippen LogP contribution in [0.4, 0.5) is 0 Å². The maximum Gasteiger partial charge on any atom is 0.0175 e. The van der Waals surface area contributed by atoms with Gasteiger partial charge in [0, 0.05) is 10.5 Å². The summed E-state index contributed by atoms with van der Waals surface area (Å²) in [4.78, 5) is 0. The van der Waals surface area contributed by atoms with E-state index in [9.17, 15) is 0 Å². The topological polar surface area (TPSA) is 12.0 Å². The molecule has 2 unspecified atom stereocenters. The number of rotatable bonds is 4. The van der Waals surface area contributed by atoms with Gasteiger partial charge in [0.25, 0.3) is 0 Å². The summed E-state index contributed by atoms with van der Waals surface area (Å²) in [5.74, 6) is 0.605. The van der Waals surface area contributed by atoms with Crippen LogP contribution in [0.15, 0.2) is 28.7 Å². The zero-order valence-electron chi connectivity index (χ0n) is 9.05. The highest BCUT2D eigenvalue weighted by Crippen LogP contribution is 2.24. The quantitative estimate of drug-likeness (QED) is 0.868. The predicted molar refractivity (Wildman–Crippen MR) is 65.7 cm³/mol. The maximum absolute atomic E-state index is 3.45. The van der Waals surface area contributed by atoms with Gasteiger partial charge in [-0.1, -0.05) is 35.0 Å². The molecule has 0 amide bonds. The van der Waals surface area contributed by atoms with Gasteiger partial charge in [0.1, 0.15) is 0 Å². The second kappa shape index (κ2) is 5.52. The van der Waals surface area contributed by atoms with E-state index in [-0.39, 0.29) is 0 Å². The Morgan fingerprint density at radius 3 is 2.29 bits per heavy atom. The first-order valence-corrected chi connectivity index (χ1v) is 5.91. The number of hydrogen-bond acceptors (Lipinski definition) is 1. The van der Waals surface area contributed by atoms with Gasteiger partial charge in [-0.15, -0.1) is 0 Å². The minimum absolute atomic E-state index is 0.529. The summed E-state index contributed by atoms with van der Waals surface area (Å²) in [6.07, 6.45) is 1.17. The highest BCUT2D eigenvalue weighted by molar-refractivity contribution is 9.10. The third-order valence-corrected chi connectivity index (χ3v) is 3.33. The van der Waals surface area contributed by atoms with E-state index in [4.69, 9.17) is 0 Å². The monoisotopic (exact) mass is 255 g/mol. The molecule has 14 heavy (non-hydrogen) atoms. The minimum atomic E-state index is 0.529. The Balaban J connectivity index is 2.84. The molecular weight excluding hydrogens is 238 g/mol. The average molecular weight is 256 g/mol. The van der Waals surface area contributed by atoms with E-state index < -0.39 is 0 Å². The second-order valence-corrected chi connectivity index (χ2v) is 4.56. The van der Waals surface area contributed by atoms with E-state index >= 15 is 0 Å². The van der Waals surface area contributed by atoms with Gasteiger partial charge >= 0.3 is 0 Å². The zero-order chi connectivity index (χ0) is 10.6. The Kier molecular flexibility index (Phi) is 4.63. The predicted octanol–water partition coefficient (Wildman–Crippen LogP) is 3.55. The molecule has 1 N–H and O–H groups in total. The largest absolute Gasteiger partial charge is 0.317 e. The van der Waals surface area contributed by atoms with Gasteiger partial charge in [-0.05, 0) is 44.0 Å². The smallest absolute Gasteiger partial charge is 0.0175 e. The number of likely N-dealkylation sites (N-methyl/N-ethyl adjacent to an activating group) is 1. The standard InChI is InChI=1S/C12H18BrN/c1-4-12(9(2)14-3)10-5-7-11(13)8-6-10/h5-9,12,14H,4H2,1-3H3. The fourth-order valence-corrected chi connectivity index (χ4v) is 2.05. The number of halogens is 1. The van der Waals surface area contributed by atoms with Gasteiger partial charge in [-0.3, -0.25) is 0 Å². The molecule has 0 saturated carbocycles. The first kappa shape index (κ1) is 11.7. The zero-order valence-corrected chi connectivity index (χ0v) is 10.6. The molecule has 0 aliphatic rings. The Morgan fingerprint density at radius 1 is 1.29 bits per heavy atom. The number of nitrogens with one attached hydrogen (secondary N) is 1. The highest BCUT2D eigenvalue weighted by Gasteiger charge is 2.15. The molecule has 1 rings (SSSR count). The van der Waals surface area contributed by atoms with Crippen LogP contribution in [0.2, 0.25) is 0 Å². The molecule has 2 heteroatoms. The molecule has 0 saturated heterocycles. The van der Waals surface area contributed by atoms with Gasteiger partial charge in [0.05, 0.1) is 0 Å². The molecule has 1 nitrogen and oxygen atoms in total. The van der Waals surface area contributed by atoms with Crippen LogP contribution >= 0.6 is 15.9 Å². The van der Waals surface area contributed by atoms with E-state index in [0.717, 1.165) is 4.47 Å². The van der Waals surface area contributed by atoms with Crippen LogP contribution in [-0.2, 0) is 0 Å². The lowest BCUT2D eigenvalue weighted by Crippen LogP contribution is -2.28. The van der Waals surface area contributed by atoms with Crippen LogP contribution in [-0.4, -0.2) is 13.1 Å². The maximum atomic E-state index is 3.45. The SMILES string of the molecule is CCC(c1ccc(Br)cc1)C(C)NC. The van der Waals surface area contributed by atoms with E-state index in [2.05, 4.69) is 59.4 Å². The Labute approximate surface area is 95.0 Å². The van der Waals surface area contributed by atoms with E-state index in [1.165, 1.54) is 12.0 Å². The van der Waals surface area contributed by atoms with Gasteiger partial charge in [-0.25, -0.2) is 0 Å². The lowest BCUT2D eigenvalue weighted by molar-refractivity contribution is 0.483. The van der Waals surface area contributed by atoms with Crippen LogP contribution in [0.1, 0.15) is 31.7 Å². The molecule has 1 aromatic rings. The van der Waals surface area contributed by atoms with Crippen LogP contribution in [0, 0.1) is 0 Å². The summed E-state index contributed by atoms with van der Waals surface area (Å²) in [6.45, 7) is 4.47. The Hall–Kier alpha value is -0.340. The van der Waals surface area contributed by atoms with Gasteiger partial charge in [0.15, 0.2) is 0 Å². The Morgan fingerprint density at radius 2 is 1.86 bits per heavy atom. The van der Waals surface area contributed by atoms with Crippen molar-refractivity contribution in [2.75, 3.05) is 7.05 Å². The average Bonchev–Trinajstić information content (AvgIpc) is 2.21. The lowest BCUT2D eigenvalue weighted by atomic mass is 9.90. The van der Waals surface area contributed by atoms with Crippen LogP contribution in [0.25, 0.3) is 0 Å². The summed E-state index contributed by atoms with van der Waals surface area (Å²) < 4.78 is 1.15. The fourth-order valence-electron chi connectivity index (χ4n) is 1.79. The molecule has 0 bridgehead atoms. The van der Waals surface area contributed by atoms with Crippen molar-refractivity contribution in [3.05, 3.63) is 34.3 Å². The lowest BCUT2D eigenvalue weighted by Gasteiger charge is -2.22. The molecule has 0 aliphatic carbocycles. The summed E-state index contributed by atoms with van der Waals surface area (Å²) in [6, 6.07) is 9.15. The van der Waals surface area contributed by atoms with Crippen molar-refractivity contribution < 1.29 is 0 Å². The first-order chi connectivity index (χ1) is 6.69. The number of hydrogen-bond donors (Lipinski definition) is 1. The molecule has 1 aromatic carbocycles. The van der Waals surface area contributed by atoms with Crippen molar-refractivity contribution in [1.29, 1.82) is 0 Å². The van der Waals surface area contributed by atoms with E-state index in [1.807, 2.05) is 7.05 Å². The summed E-state index contributed by atoms with van der Waals surface area (Å²) >= 11 is 3.45. The van der Waals surface area contributed by atoms with Crippen molar-refractivity contribution in [2.24, 2.45) is 0 Å². The molecule has 0 aliphatic heterocycles. The molecule has 0 radical (unpaired) electrons. The third-order valence-electron chi connectivity index (χ3n) is 2.80. The van der Waals surface area contributed by atoms with E-state index in [1.54, 1.807) is 0 Å². The summed E-state index contributed by atoms with van der Waals surface area (Å²) in [7, 11) is 2.02. The van der Waals surface area contributed by atoms with Crippen molar-refractivity contribution in [1.82, 2.24) is 5.32 Å². The van der Waals surface area contributed by atoms with Crippen molar-refractivity contribution in [3.8, 4) is 0 Å². The first-order valence-electron chi connectivity index (χ1n) is 5.11. The van der Waals surface area contributed by atoms with Crippen molar-refractivity contribution >= 4 is 15.9 Å². The van der Waals surface area contributed by atoms with Crippen molar-refractivity contribution in [2.45, 2.75) is 32.2 Å². The Bertz CT molecular complexity index is 268. The molecular formula is C12H18BrN. The molecule has 0 heterocycles. The highest BCUT2D eigenvalue weighted by atomic mass is 79.9. The molecule has 78 valence electrons. The van der Waals surface area contributed by atoms with Crippen LogP contribution in [0.3, 0.4) is 0 Å². The summed E-state index contributed by atoms with van der Waals surface area (Å²) in [5.41, 5.74) is 1.41. The van der Waals surface area contributed by atoms with Gasteiger partial charge < -0.3 is 5.32 Å². The van der Waals surface area contributed by atoms with Crippen LogP contribution < -0.4 is 5.32 Å². The van der Waals surface area contributed by atoms with Gasteiger partial charge in [0.2, 0.25) is 0 Å². The third kappa shape index (κ3) is 2.82. The number of benzene rings is 1. The second-order valence-electron chi connectivity index (χ2n) is 3.64. The molecule has 0 aromatic heterocycles. The summed E-state index contributed by atoms with van der Waals surface area (Å²) in [5, 5.41) is 3.32.